The van der Waals surface area contributed by atoms with Crippen LogP contribution in [0.25, 0.3) is 0 Å². The van der Waals surface area contributed by atoms with Crippen molar-refractivity contribution in [1.82, 2.24) is 10.6 Å². The first-order valence-electron chi connectivity index (χ1n) is 9.97. The largest absolute Gasteiger partial charge is 0.493 e. The molecule has 3 rings (SSSR count). The van der Waals surface area contributed by atoms with Crippen LogP contribution in [0, 0.1) is 17.2 Å². The van der Waals surface area contributed by atoms with Gasteiger partial charge in [-0.2, -0.15) is 5.26 Å². The molecule has 2 aliphatic rings. The van der Waals surface area contributed by atoms with Crippen LogP contribution in [0.5, 0.6) is 11.5 Å². The summed E-state index contributed by atoms with van der Waals surface area (Å²) in [5.74, 6) is 1.37. The Kier molecular flexibility index (Phi) is 6.80. The summed E-state index contributed by atoms with van der Waals surface area (Å²) in [5.41, 5.74) is 0.946. The molecule has 2 aliphatic carbocycles. The van der Waals surface area contributed by atoms with Crippen molar-refractivity contribution in [1.29, 1.82) is 5.26 Å². The Hall–Kier alpha value is -2.42. The van der Waals surface area contributed by atoms with E-state index < -0.39 is 0 Å². The van der Waals surface area contributed by atoms with Crippen molar-refractivity contribution in [2.75, 3.05) is 7.11 Å². The highest BCUT2D eigenvalue weighted by atomic mass is 16.5. The number of carbonyl (C=O) groups is 1. The second-order valence-electron chi connectivity index (χ2n) is 7.46. The minimum absolute atomic E-state index is 0.0551. The number of benzene rings is 1. The molecule has 1 aromatic carbocycles. The molecule has 0 aliphatic heterocycles. The van der Waals surface area contributed by atoms with E-state index in [1.807, 2.05) is 18.2 Å². The lowest BCUT2D eigenvalue weighted by Gasteiger charge is -2.27. The maximum absolute atomic E-state index is 12.2. The number of ether oxygens (including phenoxy) is 2. The van der Waals surface area contributed by atoms with Gasteiger partial charge in [0.1, 0.15) is 0 Å². The molecule has 0 spiro atoms. The lowest BCUT2D eigenvalue weighted by atomic mass is 9.85. The zero-order valence-corrected chi connectivity index (χ0v) is 16.0. The van der Waals surface area contributed by atoms with Gasteiger partial charge in [0, 0.05) is 12.6 Å². The summed E-state index contributed by atoms with van der Waals surface area (Å²) < 4.78 is 11.5. The van der Waals surface area contributed by atoms with E-state index in [1.165, 1.54) is 12.8 Å². The fraction of sp³-hybridized carbons (Fsp3) is 0.619. The van der Waals surface area contributed by atoms with E-state index in [9.17, 15) is 10.1 Å². The number of carbonyl (C=O) groups excluding carboxylic acids is 1. The third-order valence-electron chi connectivity index (χ3n) is 5.53. The molecule has 2 saturated carbocycles. The lowest BCUT2D eigenvalue weighted by Crippen LogP contribution is -2.46. The first kappa shape index (κ1) is 19.3. The van der Waals surface area contributed by atoms with Crippen LogP contribution in [-0.4, -0.2) is 25.3 Å². The zero-order chi connectivity index (χ0) is 19.1. The Bertz CT molecular complexity index is 680. The summed E-state index contributed by atoms with van der Waals surface area (Å²) in [6, 6.07) is 7.80. The highest BCUT2D eigenvalue weighted by molar-refractivity contribution is 5.74. The van der Waals surface area contributed by atoms with Crippen molar-refractivity contribution in [3.8, 4) is 17.6 Å². The van der Waals surface area contributed by atoms with Gasteiger partial charge in [0.05, 0.1) is 25.2 Å². The van der Waals surface area contributed by atoms with Crippen LogP contribution < -0.4 is 20.1 Å². The van der Waals surface area contributed by atoms with Crippen molar-refractivity contribution >= 4 is 6.03 Å². The predicted octanol–water partition coefficient (Wildman–Crippen LogP) is 3.90. The summed E-state index contributed by atoms with van der Waals surface area (Å²) in [5, 5.41) is 15.0. The second kappa shape index (κ2) is 9.50. The highest BCUT2D eigenvalue weighted by Gasteiger charge is 2.26. The number of methoxy groups -OCH3 is 1. The normalized spacial score (nSPS) is 22.7. The summed E-state index contributed by atoms with van der Waals surface area (Å²) >= 11 is 0. The molecule has 0 aromatic heterocycles. The average molecular weight is 371 g/mol. The SMILES string of the molecule is COc1cc(CNC(=O)NC2CCCCC2C#N)ccc1OC1CCCC1. The minimum Gasteiger partial charge on any atom is -0.493 e. The molecule has 2 unspecified atom stereocenters. The van der Waals surface area contributed by atoms with Crippen LogP contribution in [0.1, 0.15) is 56.9 Å². The zero-order valence-electron chi connectivity index (χ0n) is 16.0. The van der Waals surface area contributed by atoms with E-state index in [4.69, 9.17) is 9.47 Å². The van der Waals surface area contributed by atoms with Crippen molar-refractivity contribution < 1.29 is 14.3 Å². The van der Waals surface area contributed by atoms with Gasteiger partial charge in [-0.1, -0.05) is 18.9 Å². The van der Waals surface area contributed by atoms with E-state index >= 15 is 0 Å². The molecule has 2 atom stereocenters. The fourth-order valence-electron chi connectivity index (χ4n) is 3.96. The molecule has 0 saturated heterocycles. The summed E-state index contributed by atoms with van der Waals surface area (Å²) in [7, 11) is 1.63. The molecule has 27 heavy (non-hydrogen) atoms. The molecule has 1 aromatic rings. The van der Waals surface area contributed by atoms with E-state index in [1.54, 1.807) is 7.11 Å². The maximum atomic E-state index is 12.2. The van der Waals surface area contributed by atoms with Gasteiger partial charge < -0.3 is 20.1 Å². The monoisotopic (exact) mass is 371 g/mol. The number of hydrogen-bond acceptors (Lipinski definition) is 4. The van der Waals surface area contributed by atoms with Gasteiger partial charge in [-0.25, -0.2) is 4.79 Å². The maximum Gasteiger partial charge on any atom is 0.315 e. The Morgan fingerprint density at radius 2 is 1.89 bits per heavy atom. The van der Waals surface area contributed by atoms with Crippen molar-refractivity contribution in [3.63, 3.8) is 0 Å². The first-order valence-corrected chi connectivity index (χ1v) is 9.97. The van der Waals surface area contributed by atoms with Crippen LogP contribution in [0.15, 0.2) is 18.2 Å². The molecular weight excluding hydrogens is 342 g/mol. The fourth-order valence-corrected chi connectivity index (χ4v) is 3.96. The molecule has 6 heteroatoms. The van der Waals surface area contributed by atoms with Crippen molar-refractivity contribution in [2.24, 2.45) is 5.92 Å². The van der Waals surface area contributed by atoms with Crippen molar-refractivity contribution in [3.05, 3.63) is 23.8 Å². The first-order chi connectivity index (χ1) is 13.2. The number of nitriles is 1. The second-order valence-corrected chi connectivity index (χ2v) is 7.46. The van der Waals surface area contributed by atoms with Gasteiger partial charge in [-0.3, -0.25) is 0 Å². The van der Waals surface area contributed by atoms with E-state index in [0.717, 1.165) is 49.8 Å². The predicted molar refractivity (Wildman–Crippen MR) is 103 cm³/mol. The van der Waals surface area contributed by atoms with Gasteiger partial charge >= 0.3 is 6.03 Å². The molecule has 146 valence electrons. The molecule has 0 heterocycles. The molecule has 6 nitrogen and oxygen atoms in total. The topological polar surface area (TPSA) is 83.4 Å². The molecular formula is C21H29N3O3. The summed E-state index contributed by atoms with van der Waals surface area (Å²) in [6.07, 6.45) is 8.76. The number of amides is 2. The third-order valence-corrected chi connectivity index (χ3v) is 5.53. The summed E-state index contributed by atoms with van der Waals surface area (Å²) in [4.78, 5) is 12.2. The standard InChI is InChI=1S/C21H29N3O3/c1-26-20-12-15(10-11-19(20)27-17-7-3-4-8-17)14-23-21(25)24-18-9-5-2-6-16(18)13-22/h10-12,16-18H,2-9,14H2,1H3,(H2,23,24,25). The average Bonchev–Trinajstić information content (AvgIpc) is 3.20. The number of urea groups is 1. The van der Waals surface area contributed by atoms with E-state index in [0.29, 0.717) is 12.3 Å². The van der Waals surface area contributed by atoms with Crippen LogP contribution in [0.2, 0.25) is 0 Å². The molecule has 2 N–H and O–H groups in total. The Labute approximate surface area is 161 Å². The van der Waals surface area contributed by atoms with Crippen LogP contribution >= 0.6 is 0 Å². The van der Waals surface area contributed by atoms with Gasteiger partial charge in [0.25, 0.3) is 0 Å². The van der Waals surface area contributed by atoms with Crippen molar-refractivity contribution in [2.45, 2.75) is 70.1 Å². The molecule has 2 amide bonds. The van der Waals surface area contributed by atoms with Crippen LogP contribution in [0.4, 0.5) is 4.79 Å². The smallest absolute Gasteiger partial charge is 0.315 e. The highest BCUT2D eigenvalue weighted by Crippen LogP contribution is 2.32. The van der Waals surface area contributed by atoms with Gasteiger partial charge in [0.2, 0.25) is 0 Å². The lowest BCUT2D eigenvalue weighted by molar-refractivity contribution is 0.200. The van der Waals surface area contributed by atoms with Gasteiger partial charge in [-0.05, 0) is 56.2 Å². The van der Waals surface area contributed by atoms with E-state index in [2.05, 4.69) is 16.7 Å². The molecule has 2 fully saturated rings. The number of hydrogen-bond donors (Lipinski definition) is 2. The number of nitrogens with one attached hydrogen (secondary N) is 2. The Morgan fingerprint density at radius 1 is 1.15 bits per heavy atom. The molecule has 0 bridgehead atoms. The Balaban J connectivity index is 1.52. The Morgan fingerprint density at radius 3 is 2.63 bits per heavy atom. The van der Waals surface area contributed by atoms with Gasteiger partial charge in [0.15, 0.2) is 11.5 Å². The third kappa shape index (κ3) is 5.29. The van der Waals surface area contributed by atoms with Crippen LogP contribution in [-0.2, 0) is 6.54 Å². The number of nitrogens with zero attached hydrogens (tertiary/aromatic N) is 1. The summed E-state index contributed by atoms with van der Waals surface area (Å²) in [6.45, 7) is 0.399. The minimum atomic E-state index is -0.229. The van der Waals surface area contributed by atoms with E-state index in [-0.39, 0.29) is 24.1 Å². The molecule has 0 radical (unpaired) electrons. The number of rotatable bonds is 6. The van der Waals surface area contributed by atoms with Crippen LogP contribution in [0.3, 0.4) is 0 Å². The van der Waals surface area contributed by atoms with Gasteiger partial charge in [-0.15, -0.1) is 0 Å². The quantitative estimate of drug-likeness (QED) is 0.794.